The fraction of sp³-hybridized carbons (Fsp3) is 0.286. The van der Waals surface area contributed by atoms with Crippen molar-refractivity contribution in [3.63, 3.8) is 0 Å². The summed E-state index contributed by atoms with van der Waals surface area (Å²) in [6.45, 7) is 2.03. The molecule has 0 bridgehead atoms. The Morgan fingerprint density at radius 1 is 1.30 bits per heavy atom. The van der Waals surface area contributed by atoms with Crippen LogP contribution < -0.4 is 10.7 Å². The van der Waals surface area contributed by atoms with Gasteiger partial charge in [0.05, 0.1) is 5.39 Å². The third-order valence-corrected chi connectivity index (χ3v) is 5.01. The van der Waals surface area contributed by atoms with Gasteiger partial charge in [-0.15, -0.1) is 0 Å². The molecule has 6 heteroatoms. The number of aryl methyl sites for hydroxylation is 1. The monoisotopic (exact) mass is 365 g/mol. The number of aromatic amines is 1. The molecule has 0 spiro atoms. The minimum Gasteiger partial charge on any atom is -0.347 e. The van der Waals surface area contributed by atoms with Crippen LogP contribution in [0.5, 0.6) is 0 Å². The molecule has 2 aromatic carbocycles. The van der Waals surface area contributed by atoms with E-state index in [1.807, 2.05) is 25.1 Å². The number of amides is 1. The van der Waals surface area contributed by atoms with Gasteiger partial charge in [-0.25, -0.2) is 4.39 Å². The number of nitrogens with zero attached hydrogens (tertiary/aromatic N) is 1. The van der Waals surface area contributed by atoms with Crippen LogP contribution in [0.15, 0.2) is 47.3 Å². The normalized spacial score (nSPS) is 14.9. The third-order valence-electron chi connectivity index (χ3n) is 5.01. The molecule has 2 N–H and O–H groups in total. The zero-order valence-electron chi connectivity index (χ0n) is 15.0. The SMILES string of the molecule is Cc1cccc(CC(NC(=O)c2n[nH]c3c(F)cccc3c2=O)C2CC2)c1. The summed E-state index contributed by atoms with van der Waals surface area (Å²) in [5.74, 6) is -0.683. The summed E-state index contributed by atoms with van der Waals surface area (Å²) in [5, 5.41) is 9.42. The van der Waals surface area contributed by atoms with E-state index in [0.717, 1.165) is 18.4 Å². The van der Waals surface area contributed by atoms with E-state index in [-0.39, 0.29) is 22.6 Å². The van der Waals surface area contributed by atoms with Gasteiger partial charge < -0.3 is 5.32 Å². The van der Waals surface area contributed by atoms with Gasteiger partial charge in [0.2, 0.25) is 5.43 Å². The smallest absolute Gasteiger partial charge is 0.276 e. The molecule has 27 heavy (non-hydrogen) atoms. The van der Waals surface area contributed by atoms with Gasteiger partial charge >= 0.3 is 0 Å². The van der Waals surface area contributed by atoms with Gasteiger partial charge in [0.25, 0.3) is 5.91 Å². The fourth-order valence-electron chi connectivity index (χ4n) is 3.43. The van der Waals surface area contributed by atoms with Gasteiger partial charge in [-0.05, 0) is 49.8 Å². The van der Waals surface area contributed by atoms with Crippen LogP contribution in [0.4, 0.5) is 4.39 Å². The number of H-pyrrole nitrogens is 1. The number of benzene rings is 2. The maximum absolute atomic E-state index is 13.8. The number of carbonyl (C=O) groups is 1. The van der Waals surface area contributed by atoms with E-state index in [1.54, 1.807) is 0 Å². The van der Waals surface area contributed by atoms with Crippen molar-refractivity contribution in [2.45, 2.75) is 32.2 Å². The van der Waals surface area contributed by atoms with Gasteiger partial charge in [-0.2, -0.15) is 5.10 Å². The Balaban J connectivity index is 1.59. The molecule has 1 heterocycles. The molecule has 1 atom stereocenters. The molecule has 1 unspecified atom stereocenters. The molecular weight excluding hydrogens is 345 g/mol. The summed E-state index contributed by atoms with van der Waals surface area (Å²) < 4.78 is 13.8. The van der Waals surface area contributed by atoms with E-state index < -0.39 is 17.2 Å². The van der Waals surface area contributed by atoms with Crippen molar-refractivity contribution in [1.82, 2.24) is 15.5 Å². The lowest BCUT2D eigenvalue weighted by atomic mass is 10.0. The highest BCUT2D eigenvalue weighted by Gasteiger charge is 2.33. The minimum atomic E-state index is -0.570. The Labute approximate surface area is 155 Å². The highest BCUT2D eigenvalue weighted by Crippen LogP contribution is 2.34. The molecule has 3 aromatic rings. The largest absolute Gasteiger partial charge is 0.347 e. The van der Waals surface area contributed by atoms with Gasteiger partial charge in [0.15, 0.2) is 5.69 Å². The first-order chi connectivity index (χ1) is 13.0. The van der Waals surface area contributed by atoms with Gasteiger partial charge in [-0.1, -0.05) is 35.9 Å². The van der Waals surface area contributed by atoms with Crippen LogP contribution in [-0.2, 0) is 6.42 Å². The number of fused-ring (bicyclic) bond motifs is 1. The third kappa shape index (κ3) is 3.60. The first kappa shape index (κ1) is 17.4. The first-order valence-electron chi connectivity index (χ1n) is 9.06. The number of carbonyl (C=O) groups excluding carboxylic acids is 1. The Kier molecular flexibility index (Phi) is 4.48. The van der Waals surface area contributed by atoms with Crippen LogP contribution in [0.3, 0.4) is 0 Å². The average molecular weight is 365 g/mol. The van der Waals surface area contributed by atoms with Gasteiger partial charge in [0, 0.05) is 6.04 Å². The van der Waals surface area contributed by atoms with Crippen LogP contribution in [0.25, 0.3) is 10.9 Å². The number of hydrogen-bond acceptors (Lipinski definition) is 3. The van der Waals surface area contributed by atoms with Crippen molar-refractivity contribution in [1.29, 1.82) is 0 Å². The molecule has 138 valence electrons. The van der Waals surface area contributed by atoms with Gasteiger partial charge in [0.1, 0.15) is 11.3 Å². The first-order valence-corrected chi connectivity index (χ1v) is 9.06. The zero-order valence-corrected chi connectivity index (χ0v) is 15.0. The van der Waals surface area contributed by atoms with Crippen LogP contribution in [0.2, 0.25) is 0 Å². The summed E-state index contributed by atoms with van der Waals surface area (Å²) in [6.07, 6.45) is 2.82. The van der Waals surface area contributed by atoms with Crippen LogP contribution in [0, 0.1) is 18.7 Å². The van der Waals surface area contributed by atoms with Crippen LogP contribution in [-0.4, -0.2) is 22.1 Å². The molecule has 4 rings (SSSR count). The Morgan fingerprint density at radius 3 is 2.81 bits per heavy atom. The molecule has 5 nitrogen and oxygen atoms in total. The number of hydrogen-bond donors (Lipinski definition) is 2. The molecular formula is C21H20FN3O2. The number of aromatic nitrogens is 2. The lowest BCUT2D eigenvalue weighted by Gasteiger charge is -2.18. The second-order valence-electron chi connectivity index (χ2n) is 7.17. The minimum absolute atomic E-state index is 0.0116. The van der Waals surface area contributed by atoms with Crippen molar-refractivity contribution in [3.8, 4) is 0 Å². The Bertz CT molecular complexity index is 1070. The topological polar surface area (TPSA) is 74.8 Å². The van der Waals surface area contributed by atoms with Crippen molar-refractivity contribution >= 4 is 16.8 Å². The Morgan fingerprint density at radius 2 is 2.07 bits per heavy atom. The summed E-state index contributed by atoms with van der Waals surface area (Å²) in [7, 11) is 0. The second kappa shape index (κ2) is 6.95. The standard InChI is InChI=1S/C21H20FN3O2/c1-12-4-2-5-13(10-12)11-17(14-8-9-14)23-21(27)19-20(26)15-6-3-7-16(22)18(15)24-25-19/h2-7,10,14,17H,8-9,11H2,1H3,(H,23,27)(H,24,26). The quantitative estimate of drug-likeness (QED) is 0.729. The van der Waals surface area contributed by atoms with Crippen molar-refractivity contribution in [2.24, 2.45) is 5.92 Å². The van der Waals surface area contributed by atoms with Crippen molar-refractivity contribution in [2.75, 3.05) is 0 Å². The summed E-state index contributed by atoms with van der Waals surface area (Å²) in [5.41, 5.74) is 1.53. The predicted octanol–water partition coefficient (Wildman–Crippen LogP) is 3.12. The van der Waals surface area contributed by atoms with E-state index in [1.165, 1.54) is 23.8 Å². The molecule has 1 aliphatic carbocycles. The summed E-state index contributed by atoms with van der Waals surface area (Å²) in [6, 6.07) is 12.3. The highest BCUT2D eigenvalue weighted by molar-refractivity contribution is 5.95. The molecule has 1 fully saturated rings. The zero-order chi connectivity index (χ0) is 19.0. The summed E-state index contributed by atoms with van der Waals surface area (Å²) in [4.78, 5) is 25.3. The average Bonchev–Trinajstić information content (AvgIpc) is 3.47. The van der Waals surface area contributed by atoms with E-state index in [9.17, 15) is 14.0 Å². The molecule has 1 saturated carbocycles. The van der Waals surface area contributed by atoms with E-state index in [2.05, 4.69) is 21.6 Å². The van der Waals surface area contributed by atoms with Gasteiger partial charge in [-0.3, -0.25) is 14.7 Å². The predicted molar refractivity (Wildman–Crippen MR) is 101 cm³/mol. The second-order valence-corrected chi connectivity index (χ2v) is 7.17. The van der Waals surface area contributed by atoms with E-state index in [4.69, 9.17) is 0 Å². The summed E-state index contributed by atoms with van der Waals surface area (Å²) >= 11 is 0. The molecule has 1 aromatic heterocycles. The fourth-order valence-corrected chi connectivity index (χ4v) is 3.43. The lowest BCUT2D eigenvalue weighted by molar-refractivity contribution is 0.0925. The highest BCUT2D eigenvalue weighted by atomic mass is 19.1. The van der Waals surface area contributed by atoms with E-state index in [0.29, 0.717) is 12.3 Å². The van der Waals surface area contributed by atoms with Crippen LogP contribution in [0.1, 0.15) is 34.5 Å². The maximum atomic E-state index is 13.8. The maximum Gasteiger partial charge on any atom is 0.276 e. The number of rotatable bonds is 5. The Hall–Kier alpha value is -3.02. The molecule has 0 aliphatic heterocycles. The molecule has 1 aliphatic rings. The molecule has 0 saturated heterocycles. The lowest BCUT2D eigenvalue weighted by Crippen LogP contribution is -2.40. The molecule has 1 amide bonds. The number of nitrogens with one attached hydrogen (secondary N) is 2. The van der Waals surface area contributed by atoms with Crippen molar-refractivity contribution < 1.29 is 9.18 Å². The molecule has 0 radical (unpaired) electrons. The van der Waals surface area contributed by atoms with Crippen LogP contribution >= 0.6 is 0 Å². The van der Waals surface area contributed by atoms with Crippen molar-refractivity contribution in [3.05, 3.63) is 75.3 Å². The van der Waals surface area contributed by atoms with E-state index >= 15 is 0 Å². The number of halogens is 1. The number of para-hydroxylation sites is 1.